The molecule has 0 radical (unpaired) electrons. The first-order chi connectivity index (χ1) is 13.2. The maximum Gasteiger partial charge on any atom is 0.253 e. The molecular formula is C22H29N3O2. The van der Waals surface area contributed by atoms with Gasteiger partial charge in [0, 0.05) is 41.8 Å². The quantitative estimate of drug-likeness (QED) is 0.809. The number of piperidine rings is 1. The van der Waals surface area contributed by atoms with Crippen molar-refractivity contribution in [2.75, 3.05) is 13.1 Å². The highest BCUT2D eigenvalue weighted by Gasteiger charge is 2.30. The van der Waals surface area contributed by atoms with Crippen LogP contribution in [0.4, 0.5) is 0 Å². The van der Waals surface area contributed by atoms with Crippen LogP contribution in [0.2, 0.25) is 0 Å². The molecule has 2 aromatic rings. The van der Waals surface area contributed by atoms with Gasteiger partial charge in [-0.3, -0.25) is 9.59 Å². The summed E-state index contributed by atoms with van der Waals surface area (Å²) in [5.74, 6) is 0.0903. The first-order valence-corrected chi connectivity index (χ1v) is 10.4. The zero-order chi connectivity index (χ0) is 18.6. The SMILES string of the molecule is O=C(NC1CCCCCC1)[C@@H]1CCCN(C(=O)c2ccc3[nH]ccc3c2)C1. The average Bonchev–Trinajstić information content (AvgIpc) is 3.03. The number of nitrogens with zero attached hydrogens (tertiary/aromatic N) is 1. The van der Waals surface area contributed by atoms with E-state index in [-0.39, 0.29) is 17.7 Å². The number of hydrogen-bond acceptors (Lipinski definition) is 2. The summed E-state index contributed by atoms with van der Waals surface area (Å²) >= 11 is 0. The first kappa shape index (κ1) is 18.1. The minimum Gasteiger partial charge on any atom is -0.361 e. The smallest absolute Gasteiger partial charge is 0.253 e. The van der Waals surface area contributed by atoms with E-state index in [1.54, 1.807) is 0 Å². The fourth-order valence-electron chi connectivity index (χ4n) is 4.49. The highest BCUT2D eigenvalue weighted by molar-refractivity contribution is 5.98. The van der Waals surface area contributed by atoms with Crippen LogP contribution in [0.5, 0.6) is 0 Å². The predicted molar refractivity (Wildman–Crippen MR) is 107 cm³/mol. The monoisotopic (exact) mass is 367 g/mol. The third kappa shape index (κ3) is 4.18. The summed E-state index contributed by atoms with van der Waals surface area (Å²) in [6.45, 7) is 1.26. The van der Waals surface area contributed by atoms with Gasteiger partial charge in [0.15, 0.2) is 0 Å². The second-order valence-electron chi connectivity index (χ2n) is 8.07. The maximum atomic E-state index is 13.0. The molecule has 0 bridgehead atoms. The topological polar surface area (TPSA) is 65.2 Å². The molecule has 1 aliphatic carbocycles. The van der Waals surface area contributed by atoms with Gasteiger partial charge in [0.05, 0.1) is 5.92 Å². The predicted octanol–water partition coefficient (Wildman–Crippen LogP) is 3.86. The molecule has 4 rings (SSSR count). The number of amides is 2. The van der Waals surface area contributed by atoms with Crippen molar-refractivity contribution in [1.82, 2.24) is 15.2 Å². The third-order valence-corrected chi connectivity index (χ3v) is 6.08. The van der Waals surface area contributed by atoms with E-state index < -0.39 is 0 Å². The Bertz CT molecular complexity index is 805. The molecule has 1 aromatic carbocycles. The number of fused-ring (bicyclic) bond motifs is 1. The van der Waals surface area contributed by atoms with Crippen LogP contribution in [-0.2, 0) is 4.79 Å². The lowest BCUT2D eigenvalue weighted by Crippen LogP contribution is -2.47. The molecule has 144 valence electrons. The second-order valence-corrected chi connectivity index (χ2v) is 8.07. The van der Waals surface area contributed by atoms with Crippen molar-refractivity contribution in [3.8, 4) is 0 Å². The van der Waals surface area contributed by atoms with Gasteiger partial charge in [-0.25, -0.2) is 0 Å². The van der Waals surface area contributed by atoms with Gasteiger partial charge in [-0.1, -0.05) is 25.7 Å². The Kier molecular flexibility index (Phi) is 5.46. The maximum absolute atomic E-state index is 13.0. The van der Waals surface area contributed by atoms with Gasteiger partial charge in [0.25, 0.3) is 5.91 Å². The van der Waals surface area contributed by atoms with Crippen LogP contribution in [0.25, 0.3) is 10.9 Å². The number of hydrogen-bond donors (Lipinski definition) is 2. The molecule has 0 unspecified atom stereocenters. The van der Waals surface area contributed by atoms with Crippen LogP contribution in [0.15, 0.2) is 30.5 Å². The highest BCUT2D eigenvalue weighted by atomic mass is 16.2. The number of carbonyl (C=O) groups excluding carboxylic acids is 2. The molecule has 2 N–H and O–H groups in total. The zero-order valence-corrected chi connectivity index (χ0v) is 15.9. The number of benzene rings is 1. The normalized spacial score (nSPS) is 21.8. The van der Waals surface area contributed by atoms with Gasteiger partial charge in [0.1, 0.15) is 0 Å². The fraction of sp³-hybridized carbons (Fsp3) is 0.545. The zero-order valence-electron chi connectivity index (χ0n) is 15.9. The molecule has 2 amide bonds. The van der Waals surface area contributed by atoms with Gasteiger partial charge >= 0.3 is 0 Å². The number of rotatable bonds is 3. The van der Waals surface area contributed by atoms with Gasteiger partial charge in [-0.2, -0.15) is 0 Å². The van der Waals surface area contributed by atoms with Crippen molar-refractivity contribution in [2.24, 2.45) is 5.92 Å². The van der Waals surface area contributed by atoms with E-state index in [0.29, 0.717) is 18.2 Å². The third-order valence-electron chi connectivity index (χ3n) is 6.08. The van der Waals surface area contributed by atoms with Gasteiger partial charge in [-0.15, -0.1) is 0 Å². The summed E-state index contributed by atoms with van der Waals surface area (Å²) < 4.78 is 0. The summed E-state index contributed by atoms with van der Waals surface area (Å²) in [7, 11) is 0. The summed E-state index contributed by atoms with van der Waals surface area (Å²) in [6.07, 6.45) is 10.8. The lowest BCUT2D eigenvalue weighted by atomic mass is 9.95. The lowest BCUT2D eigenvalue weighted by molar-refractivity contribution is -0.127. The van der Waals surface area contributed by atoms with Crippen molar-refractivity contribution in [1.29, 1.82) is 0 Å². The van der Waals surface area contributed by atoms with Crippen LogP contribution in [0, 0.1) is 5.92 Å². The number of aromatic amines is 1. The number of nitrogens with one attached hydrogen (secondary N) is 2. The van der Waals surface area contributed by atoms with Crippen LogP contribution in [0.3, 0.4) is 0 Å². The summed E-state index contributed by atoms with van der Waals surface area (Å²) in [5.41, 5.74) is 1.73. The van der Waals surface area contributed by atoms with Crippen molar-refractivity contribution in [3.05, 3.63) is 36.0 Å². The molecule has 2 aliphatic rings. The Labute approximate surface area is 160 Å². The Hall–Kier alpha value is -2.30. The molecule has 1 saturated carbocycles. The molecule has 1 aromatic heterocycles. The Morgan fingerprint density at radius 2 is 1.81 bits per heavy atom. The molecule has 27 heavy (non-hydrogen) atoms. The Balaban J connectivity index is 1.39. The standard InChI is InChI=1S/C22H29N3O2/c26-21(24-19-7-3-1-2-4-8-19)18-6-5-13-25(15-18)22(27)17-9-10-20-16(14-17)11-12-23-20/h9-12,14,18-19,23H,1-8,13,15H2,(H,24,26)/t18-/m1/s1. The summed E-state index contributed by atoms with van der Waals surface area (Å²) in [6, 6.07) is 8.05. The number of likely N-dealkylation sites (tertiary alicyclic amines) is 1. The largest absolute Gasteiger partial charge is 0.361 e. The van der Waals surface area contributed by atoms with Gasteiger partial charge < -0.3 is 15.2 Å². The van der Waals surface area contributed by atoms with Crippen molar-refractivity contribution >= 4 is 22.7 Å². The number of carbonyl (C=O) groups is 2. The van der Waals surface area contributed by atoms with E-state index in [1.165, 1.54) is 25.7 Å². The fourth-order valence-corrected chi connectivity index (χ4v) is 4.49. The van der Waals surface area contributed by atoms with Gasteiger partial charge in [0.2, 0.25) is 5.91 Å². The van der Waals surface area contributed by atoms with Crippen LogP contribution >= 0.6 is 0 Å². The number of H-pyrrole nitrogens is 1. The minimum absolute atomic E-state index is 0.0325. The molecular weight excluding hydrogens is 338 g/mol. The molecule has 1 atom stereocenters. The molecule has 1 aliphatic heterocycles. The Morgan fingerprint density at radius 1 is 1.00 bits per heavy atom. The van der Waals surface area contributed by atoms with Gasteiger partial charge in [-0.05, 0) is 49.9 Å². The molecule has 0 spiro atoms. The number of aromatic nitrogens is 1. The Morgan fingerprint density at radius 3 is 2.63 bits per heavy atom. The van der Waals surface area contributed by atoms with E-state index in [0.717, 1.165) is 43.1 Å². The summed E-state index contributed by atoms with van der Waals surface area (Å²) in [4.78, 5) is 30.7. The average molecular weight is 367 g/mol. The summed E-state index contributed by atoms with van der Waals surface area (Å²) in [5, 5.41) is 4.31. The molecule has 5 heteroatoms. The minimum atomic E-state index is -0.0815. The highest BCUT2D eigenvalue weighted by Crippen LogP contribution is 2.23. The molecule has 2 fully saturated rings. The van der Waals surface area contributed by atoms with Crippen LogP contribution in [0.1, 0.15) is 61.7 Å². The van der Waals surface area contributed by atoms with Crippen molar-refractivity contribution in [2.45, 2.75) is 57.4 Å². The van der Waals surface area contributed by atoms with Crippen molar-refractivity contribution < 1.29 is 9.59 Å². The van der Waals surface area contributed by atoms with E-state index >= 15 is 0 Å². The van der Waals surface area contributed by atoms with E-state index in [9.17, 15) is 9.59 Å². The van der Waals surface area contributed by atoms with Crippen LogP contribution < -0.4 is 5.32 Å². The van der Waals surface area contributed by atoms with E-state index in [4.69, 9.17) is 0 Å². The molecule has 5 nitrogen and oxygen atoms in total. The second kappa shape index (κ2) is 8.15. The molecule has 1 saturated heterocycles. The van der Waals surface area contributed by atoms with Crippen molar-refractivity contribution in [3.63, 3.8) is 0 Å². The van der Waals surface area contributed by atoms with E-state index in [2.05, 4.69) is 10.3 Å². The first-order valence-electron chi connectivity index (χ1n) is 10.4. The van der Waals surface area contributed by atoms with Crippen LogP contribution in [-0.4, -0.2) is 40.8 Å². The van der Waals surface area contributed by atoms with E-state index in [1.807, 2.05) is 35.4 Å². The lowest BCUT2D eigenvalue weighted by Gasteiger charge is -2.33. The molecule has 2 heterocycles.